The van der Waals surface area contributed by atoms with E-state index in [1.165, 1.54) is 5.56 Å². The number of carbonyl (C=O) groups excluding carboxylic acids is 1. The third-order valence-corrected chi connectivity index (χ3v) is 5.61. The number of hydrogen-bond donors (Lipinski definition) is 0. The summed E-state index contributed by atoms with van der Waals surface area (Å²) in [4.78, 5) is 12.7. The van der Waals surface area contributed by atoms with E-state index in [-0.39, 0.29) is 18.4 Å². The third kappa shape index (κ3) is 6.26. The van der Waals surface area contributed by atoms with Crippen LogP contribution in [0.3, 0.4) is 0 Å². The lowest BCUT2D eigenvalue weighted by molar-refractivity contribution is 0.0509. The van der Waals surface area contributed by atoms with E-state index >= 15 is 0 Å². The van der Waals surface area contributed by atoms with E-state index < -0.39 is 5.97 Å². The predicted octanol–water partition coefficient (Wildman–Crippen LogP) is 5.26. The largest absolute Gasteiger partial charge is 0.497 e. The summed E-state index contributed by atoms with van der Waals surface area (Å²) in [6.45, 7) is 2.37. The number of rotatable bonds is 11. The van der Waals surface area contributed by atoms with Gasteiger partial charge in [0, 0.05) is 0 Å². The Balaban J connectivity index is 1.65. The molecule has 1 atom stereocenters. The molecular formula is C28H29N3O4. The minimum absolute atomic E-state index is 0.0704. The molecule has 0 bridgehead atoms. The molecule has 4 rings (SSSR count). The van der Waals surface area contributed by atoms with Gasteiger partial charge in [0.1, 0.15) is 11.9 Å². The lowest BCUT2D eigenvalue weighted by atomic mass is 10.0. The lowest BCUT2D eigenvalue weighted by Gasteiger charge is -2.20. The van der Waals surface area contributed by atoms with Crippen LogP contribution < -0.4 is 9.47 Å². The van der Waals surface area contributed by atoms with Crippen LogP contribution in [-0.4, -0.2) is 34.7 Å². The molecule has 0 N–H and O–H groups in total. The van der Waals surface area contributed by atoms with Crippen LogP contribution in [0.4, 0.5) is 0 Å². The molecule has 0 fully saturated rings. The maximum atomic E-state index is 12.7. The zero-order valence-corrected chi connectivity index (χ0v) is 20.0. The highest BCUT2D eigenvalue weighted by Gasteiger charge is 2.26. The van der Waals surface area contributed by atoms with E-state index in [0.717, 1.165) is 23.3 Å². The van der Waals surface area contributed by atoms with E-state index in [9.17, 15) is 4.79 Å². The van der Waals surface area contributed by atoms with Crippen molar-refractivity contribution in [3.63, 3.8) is 0 Å². The summed E-state index contributed by atoms with van der Waals surface area (Å²) < 4.78 is 18.6. The van der Waals surface area contributed by atoms with Gasteiger partial charge in [-0.05, 0) is 48.6 Å². The molecule has 180 valence electrons. The van der Waals surface area contributed by atoms with Crippen LogP contribution in [0.25, 0.3) is 0 Å². The monoisotopic (exact) mass is 471 g/mol. The van der Waals surface area contributed by atoms with E-state index in [4.69, 9.17) is 14.2 Å². The Morgan fingerprint density at radius 3 is 2.26 bits per heavy atom. The Labute approximate surface area is 205 Å². The molecule has 4 aromatic rings. The molecule has 0 radical (unpaired) electrons. The fourth-order valence-corrected chi connectivity index (χ4v) is 3.79. The van der Waals surface area contributed by atoms with Crippen molar-refractivity contribution >= 4 is 5.97 Å². The highest BCUT2D eigenvalue weighted by atomic mass is 16.5. The van der Waals surface area contributed by atoms with Gasteiger partial charge in [0.05, 0.1) is 20.3 Å². The summed E-state index contributed by atoms with van der Waals surface area (Å²) in [7, 11) is 1.63. The quantitative estimate of drug-likeness (QED) is 0.278. The Bertz CT molecular complexity index is 1210. The Hall–Kier alpha value is -4.13. The molecule has 7 heteroatoms. The summed E-state index contributed by atoms with van der Waals surface area (Å²) in [5.74, 6) is 0.501. The molecule has 0 saturated carbocycles. The van der Waals surface area contributed by atoms with Crippen molar-refractivity contribution in [1.82, 2.24) is 15.0 Å². The lowest BCUT2D eigenvalue weighted by Crippen LogP contribution is -2.16. The molecule has 0 spiro atoms. The van der Waals surface area contributed by atoms with Crippen molar-refractivity contribution in [2.75, 3.05) is 13.7 Å². The molecule has 7 nitrogen and oxygen atoms in total. The third-order valence-electron chi connectivity index (χ3n) is 5.61. The van der Waals surface area contributed by atoms with Crippen LogP contribution in [0.1, 0.15) is 46.6 Å². The van der Waals surface area contributed by atoms with Gasteiger partial charge in [-0.15, -0.1) is 5.10 Å². The number of nitrogens with zero attached hydrogens (tertiary/aromatic N) is 3. The van der Waals surface area contributed by atoms with Crippen LogP contribution in [0.5, 0.6) is 11.6 Å². The molecule has 1 aromatic heterocycles. The summed E-state index contributed by atoms with van der Waals surface area (Å²) in [6, 6.07) is 27.9. The van der Waals surface area contributed by atoms with Gasteiger partial charge in [-0.25, -0.2) is 9.48 Å². The topological polar surface area (TPSA) is 75.5 Å². The van der Waals surface area contributed by atoms with Gasteiger partial charge in [0.2, 0.25) is 11.6 Å². The molecule has 1 unspecified atom stereocenters. The first-order chi connectivity index (χ1) is 17.2. The van der Waals surface area contributed by atoms with E-state index in [1.54, 1.807) is 18.7 Å². The second-order valence-corrected chi connectivity index (χ2v) is 8.01. The van der Waals surface area contributed by atoms with Crippen LogP contribution in [0.2, 0.25) is 0 Å². The number of aryl methyl sites for hydroxylation is 1. The average molecular weight is 472 g/mol. The second kappa shape index (κ2) is 11.8. The first-order valence-electron chi connectivity index (χ1n) is 11.7. The molecule has 0 amide bonds. The van der Waals surface area contributed by atoms with Crippen molar-refractivity contribution < 1.29 is 19.0 Å². The maximum Gasteiger partial charge on any atom is 0.364 e. The van der Waals surface area contributed by atoms with Crippen LogP contribution >= 0.6 is 0 Å². The van der Waals surface area contributed by atoms with Gasteiger partial charge < -0.3 is 14.2 Å². The van der Waals surface area contributed by atoms with Gasteiger partial charge in [0.15, 0.2) is 0 Å². The second-order valence-electron chi connectivity index (χ2n) is 8.01. The molecule has 0 aliphatic rings. The minimum Gasteiger partial charge on any atom is -0.497 e. The van der Waals surface area contributed by atoms with Gasteiger partial charge in [0.25, 0.3) is 0 Å². The van der Waals surface area contributed by atoms with Crippen molar-refractivity contribution in [2.24, 2.45) is 0 Å². The molecule has 35 heavy (non-hydrogen) atoms. The van der Waals surface area contributed by atoms with E-state index in [1.807, 2.05) is 72.8 Å². The Kier molecular flexibility index (Phi) is 8.12. The standard InChI is InChI=1S/C28H29N3O4/c1-3-34-28(32)26-27(31(30-29-26)20-22-14-17-24(33-2)18-15-22)35-25(23-12-8-5-9-13-23)19-16-21-10-6-4-7-11-21/h4-15,17-18,25H,3,16,19-20H2,1-2H3. The van der Waals surface area contributed by atoms with Gasteiger partial charge in [-0.3, -0.25) is 0 Å². The fraction of sp³-hybridized carbons (Fsp3) is 0.250. The number of ether oxygens (including phenoxy) is 3. The molecule has 3 aromatic carbocycles. The van der Waals surface area contributed by atoms with Crippen LogP contribution in [-0.2, 0) is 17.7 Å². The number of benzene rings is 3. The smallest absolute Gasteiger partial charge is 0.364 e. The number of hydrogen-bond acceptors (Lipinski definition) is 6. The van der Waals surface area contributed by atoms with Gasteiger partial charge in [-0.1, -0.05) is 78.0 Å². The van der Waals surface area contributed by atoms with Gasteiger partial charge in [-0.2, -0.15) is 0 Å². The first-order valence-corrected chi connectivity index (χ1v) is 11.7. The zero-order chi connectivity index (χ0) is 24.5. The highest BCUT2D eigenvalue weighted by Crippen LogP contribution is 2.29. The molecule has 0 saturated heterocycles. The average Bonchev–Trinajstić information content (AvgIpc) is 3.30. The van der Waals surface area contributed by atoms with E-state index in [2.05, 4.69) is 22.4 Å². The fourth-order valence-electron chi connectivity index (χ4n) is 3.79. The molecule has 1 heterocycles. The first kappa shape index (κ1) is 24.0. The van der Waals surface area contributed by atoms with Crippen LogP contribution in [0, 0.1) is 0 Å². The molecule has 0 aliphatic carbocycles. The van der Waals surface area contributed by atoms with Crippen molar-refractivity contribution in [3.8, 4) is 11.6 Å². The van der Waals surface area contributed by atoms with Crippen LogP contribution in [0.15, 0.2) is 84.9 Å². The predicted molar refractivity (Wildman–Crippen MR) is 133 cm³/mol. The van der Waals surface area contributed by atoms with Crippen molar-refractivity contribution in [2.45, 2.75) is 32.4 Å². The summed E-state index contributed by atoms with van der Waals surface area (Å²) >= 11 is 0. The van der Waals surface area contributed by atoms with Gasteiger partial charge >= 0.3 is 5.97 Å². The molecular weight excluding hydrogens is 442 g/mol. The molecule has 0 aliphatic heterocycles. The van der Waals surface area contributed by atoms with Crippen molar-refractivity contribution in [3.05, 3.63) is 107 Å². The minimum atomic E-state index is -0.557. The summed E-state index contributed by atoms with van der Waals surface area (Å²) in [5, 5.41) is 8.35. The maximum absolute atomic E-state index is 12.7. The summed E-state index contributed by atoms with van der Waals surface area (Å²) in [6.07, 6.45) is 1.22. The normalized spacial score (nSPS) is 11.6. The highest BCUT2D eigenvalue weighted by molar-refractivity contribution is 5.89. The zero-order valence-electron chi connectivity index (χ0n) is 20.0. The number of aromatic nitrogens is 3. The number of esters is 1. The van der Waals surface area contributed by atoms with E-state index in [0.29, 0.717) is 18.8 Å². The SMILES string of the molecule is CCOC(=O)c1nnn(Cc2ccc(OC)cc2)c1OC(CCc1ccccc1)c1ccccc1. The number of methoxy groups -OCH3 is 1. The summed E-state index contributed by atoms with van der Waals surface area (Å²) in [5.41, 5.74) is 3.26. The van der Waals surface area contributed by atoms with Crippen molar-refractivity contribution in [1.29, 1.82) is 0 Å². The Morgan fingerprint density at radius 1 is 0.914 bits per heavy atom. The Morgan fingerprint density at radius 2 is 1.60 bits per heavy atom. The number of carbonyl (C=O) groups is 1.